The van der Waals surface area contributed by atoms with Gasteiger partial charge in [-0.05, 0) is 31.7 Å². The smallest absolute Gasteiger partial charge is 0.406 e. The van der Waals surface area contributed by atoms with Gasteiger partial charge in [0.2, 0.25) is 0 Å². The molecule has 1 fully saturated rings. The van der Waals surface area contributed by atoms with E-state index in [1.54, 1.807) is 0 Å². The van der Waals surface area contributed by atoms with E-state index in [1.807, 2.05) is 7.05 Å². The Kier molecular flexibility index (Phi) is 8.09. The second-order valence-electron chi connectivity index (χ2n) is 7.99. The van der Waals surface area contributed by atoms with E-state index >= 15 is 0 Å². The molecule has 2 heterocycles. The number of ether oxygens (including phenoxy) is 1. The minimum atomic E-state index is -4.89. The van der Waals surface area contributed by atoms with Gasteiger partial charge < -0.3 is 19.9 Å². The van der Waals surface area contributed by atoms with Crippen LogP contribution in [0.25, 0.3) is 0 Å². The van der Waals surface area contributed by atoms with Crippen LogP contribution in [0.2, 0.25) is 0 Å². The third kappa shape index (κ3) is 7.31. The van der Waals surface area contributed by atoms with E-state index < -0.39 is 40.8 Å². The highest BCUT2D eigenvalue weighted by molar-refractivity contribution is 7.13. The van der Waals surface area contributed by atoms with Crippen molar-refractivity contribution in [2.45, 2.75) is 31.9 Å². The van der Waals surface area contributed by atoms with Crippen LogP contribution in [-0.2, 0) is 12.6 Å². The van der Waals surface area contributed by atoms with Crippen molar-refractivity contribution in [2.24, 2.45) is 0 Å². The summed E-state index contributed by atoms with van der Waals surface area (Å²) in [5.41, 5.74) is -1.02. The summed E-state index contributed by atoms with van der Waals surface area (Å²) in [6.07, 6.45) is -9.44. The van der Waals surface area contributed by atoms with Crippen molar-refractivity contribution in [1.82, 2.24) is 20.1 Å². The van der Waals surface area contributed by atoms with Crippen LogP contribution in [0.5, 0.6) is 5.75 Å². The Labute approximate surface area is 196 Å². The van der Waals surface area contributed by atoms with Crippen molar-refractivity contribution in [3.8, 4) is 5.75 Å². The van der Waals surface area contributed by atoms with Crippen molar-refractivity contribution in [3.05, 3.63) is 45.4 Å². The van der Waals surface area contributed by atoms with Gasteiger partial charge in [0.05, 0.1) is 11.0 Å². The van der Waals surface area contributed by atoms with E-state index in [0.717, 1.165) is 38.3 Å². The summed E-state index contributed by atoms with van der Waals surface area (Å²) in [6.45, 7) is 5.32. The highest BCUT2D eigenvalue weighted by atomic mass is 32.1. The van der Waals surface area contributed by atoms with Crippen LogP contribution in [0, 0.1) is 0 Å². The molecule has 0 spiro atoms. The van der Waals surface area contributed by atoms with Crippen molar-refractivity contribution in [1.29, 1.82) is 0 Å². The highest BCUT2D eigenvalue weighted by Gasteiger charge is 2.40. The van der Waals surface area contributed by atoms with Gasteiger partial charge in [-0.3, -0.25) is 4.79 Å². The summed E-state index contributed by atoms with van der Waals surface area (Å²) in [5.74, 6) is -1.49. The zero-order chi connectivity index (χ0) is 25.1. The minimum absolute atomic E-state index is 0.199. The molecule has 0 saturated carbocycles. The molecule has 1 aliphatic rings. The number of hydrogen-bond acceptors (Lipinski definition) is 6. The summed E-state index contributed by atoms with van der Waals surface area (Å²) in [5, 5.41) is 2.62. The molecule has 3 rings (SSSR count). The van der Waals surface area contributed by atoms with Crippen molar-refractivity contribution in [2.75, 3.05) is 39.8 Å². The Balaban J connectivity index is 1.71. The number of nitrogens with zero attached hydrogens (tertiary/aromatic N) is 3. The predicted molar refractivity (Wildman–Crippen MR) is 114 cm³/mol. The van der Waals surface area contributed by atoms with E-state index in [4.69, 9.17) is 0 Å². The first-order chi connectivity index (χ1) is 15.8. The van der Waals surface area contributed by atoms with Gasteiger partial charge in [-0.2, -0.15) is 13.2 Å². The summed E-state index contributed by atoms with van der Waals surface area (Å²) in [7, 11) is 2.00. The number of piperazine rings is 1. The van der Waals surface area contributed by atoms with Crippen LogP contribution in [0.15, 0.2) is 24.3 Å². The third-order valence-electron chi connectivity index (χ3n) is 5.32. The number of rotatable bonds is 7. The molecule has 1 unspecified atom stereocenters. The summed E-state index contributed by atoms with van der Waals surface area (Å²) in [4.78, 5) is 20.1. The van der Waals surface area contributed by atoms with E-state index in [2.05, 4.69) is 24.8 Å². The summed E-state index contributed by atoms with van der Waals surface area (Å²) >= 11 is 0.678. The number of carbonyl (C=O) groups excluding carboxylic acids is 1. The predicted octanol–water partition coefficient (Wildman–Crippen LogP) is 4.34. The van der Waals surface area contributed by atoms with Gasteiger partial charge in [-0.25, -0.2) is 4.98 Å². The van der Waals surface area contributed by atoms with Crippen LogP contribution < -0.4 is 10.1 Å². The molecular weight excluding hydrogens is 486 g/mol. The van der Waals surface area contributed by atoms with Crippen molar-refractivity contribution < 1.29 is 35.9 Å². The second-order valence-corrected chi connectivity index (χ2v) is 9.08. The molecule has 188 valence electrons. The van der Waals surface area contributed by atoms with Gasteiger partial charge >= 0.3 is 12.5 Å². The molecule has 1 saturated heterocycles. The Morgan fingerprint density at radius 3 is 2.47 bits per heavy atom. The average Bonchev–Trinajstić information content (AvgIpc) is 3.17. The standard InChI is InChI=1S/C21H24F6N4O2S/c1-13(14-4-3-5-15(12-14)33-21(25,26)27)28-19(32)17-18(20(22,23)24)29-16(34-17)6-7-31-10-8-30(2)9-11-31/h3-5,12-13H,6-11H2,1-2H3,(H,28,32). The first-order valence-electron chi connectivity index (χ1n) is 10.5. The van der Waals surface area contributed by atoms with Gasteiger partial charge in [0.1, 0.15) is 10.6 Å². The maximum absolute atomic E-state index is 13.6. The number of nitrogens with one attached hydrogen (secondary N) is 1. The molecule has 2 aromatic rings. The number of thiazole rings is 1. The van der Waals surface area contributed by atoms with E-state index in [0.29, 0.717) is 17.9 Å². The zero-order valence-corrected chi connectivity index (χ0v) is 19.3. The molecule has 1 aromatic heterocycles. The number of amides is 1. The van der Waals surface area contributed by atoms with E-state index in [-0.39, 0.29) is 17.0 Å². The Morgan fingerprint density at radius 1 is 1.18 bits per heavy atom. The molecule has 34 heavy (non-hydrogen) atoms. The zero-order valence-electron chi connectivity index (χ0n) is 18.5. The maximum Gasteiger partial charge on any atom is 0.573 e. The van der Waals surface area contributed by atoms with Crippen LogP contribution in [0.3, 0.4) is 0 Å². The fourth-order valence-electron chi connectivity index (χ4n) is 3.47. The molecule has 1 aliphatic heterocycles. The molecule has 1 amide bonds. The number of aromatic nitrogens is 1. The Hall–Kier alpha value is -2.38. The quantitative estimate of drug-likeness (QED) is 0.562. The lowest BCUT2D eigenvalue weighted by Gasteiger charge is -2.32. The maximum atomic E-state index is 13.6. The molecule has 0 bridgehead atoms. The number of halogens is 6. The molecule has 13 heteroatoms. The SMILES string of the molecule is CC(NC(=O)c1sc(CCN2CCN(C)CC2)nc1C(F)(F)F)c1cccc(OC(F)(F)F)c1. The lowest BCUT2D eigenvalue weighted by Crippen LogP contribution is -2.45. The van der Waals surface area contributed by atoms with Crippen LogP contribution in [-0.4, -0.2) is 66.8 Å². The van der Waals surface area contributed by atoms with Crippen LogP contribution >= 0.6 is 11.3 Å². The number of benzene rings is 1. The van der Waals surface area contributed by atoms with E-state index in [9.17, 15) is 31.1 Å². The normalized spacial score (nSPS) is 16.9. The number of likely N-dealkylation sites (N-methyl/N-ethyl adjacent to an activating group) is 1. The fourth-order valence-corrected chi connectivity index (χ4v) is 4.44. The van der Waals surface area contributed by atoms with Gasteiger partial charge in [-0.15, -0.1) is 24.5 Å². The van der Waals surface area contributed by atoms with E-state index in [1.165, 1.54) is 19.1 Å². The molecule has 1 aromatic carbocycles. The average molecular weight is 511 g/mol. The van der Waals surface area contributed by atoms with Crippen molar-refractivity contribution in [3.63, 3.8) is 0 Å². The van der Waals surface area contributed by atoms with Crippen LogP contribution in [0.1, 0.15) is 38.9 Å². The fraction of sp³-hybridized carbons (Fsp3) is 0.524. The molecule has 0 radical (unpaired) electrons. The Bertz CT molecular complexity index is 986. The van der Waals surface area contributed by atoms with Crippen molar-refractivity contribution >= 4 is 17.2 Å². The van der Waals surface area contributed by atoms with Gasteiger partial charge in [-0.1, -0.05) is 12.1 Å². The first kappa shape index (κ1) is 26.2. The Morgan fingerprint density at radius 2 is 1.85 bits per heavy atom. The molecule has 1 N–H and O–H groups in total. The second kappa shape index (κ2) is 10.5. The number of alkyl halides is 6. The number of hydrogen-bond donors (Lipinski definition) is 1. The third-order valence-corrected chi connectivity index (χ3v) is 6.44. The number of carbonyl (C=O) groups is 1. The highest BCUT2D eigenvalue weighted by Crippen LogP contribution is 2.35. The van der Waals surface area contributed by atoms with Crippen LogP contribution in [0.4, 0.5) is 26.3 Å². The van der Waals surface area contributed by atoms with Gasteiger partial charge in [0.25, 0.3) is 5.91 Å². The minimum Gasteiger partial charge on any atom is -0.406 e. The largest absolute Gasteiger partial charge is 0.573 e. The molecule has 6 nitrogen and oxygen atoms in total. The van der Waals surface area contributed by atoms with Gasteiger partial charge in [0, 0.05) is 39.1 Å². The first-order valence-corrected chi connectivity index (χ1v) is 11.3. The monoisotopic (exact) mass is 510 g/mol. The van der Waals surface area contributed by atoms with Gasteiger partial charge in [0.15, 0.2) is 5.69 Å². The summed E-state index contributed by atoms with van der Waals surface area (Å²) < 4.78 is 81.9. The lowest BCUT2D eigenvalue weighted by atomic mass is 10.1. The molecule has 0 aliphatic carbocycles. The summed E-state index contributed by atoms with van der Waals surface area (Å²) in [6, 6.07) is 4.01. The lowest BCUT2D eigenvalue weighted by molar-refractivity contribution is -0.274. The topological polar surface area (TPSA) is 57.7 Å². The molecular formula is C21H24F6N4O2S. The molecule has 1 atom stereocenters.